The molecule has 0 amide bonds. The van der Waals surface area contributed by atoms with Crippen molar-refractivity contribution in [2.24, 2.45) is 10.7 Å². The predicted octanol–water partition coefficient (Wildman–Crippen LogP) is 4.80. The number of aliphatic imine (C=N–C) groups is 1. The first-order valence-electron chi connectivity index (χ1n) is 8.83. The summed E-state index contributed by atoms with van der Waals surface area (Å²) in [5.41, 5.74) is 4.02. The van der Waals surface area contributed by atoms with Gasteiger partial charge in [-0.25, -0.2) is 13.8 Å². The number of aryl methyl sites for hydroxylation is 1. The van der Waals surface area contributed by atoms with Crippen LogP contribution in [0, 0.1) is 12.7 Å². The summed E-state index contributed by atoms with van der Waals surface area (Å²) in [6.45, 7) is 0.305. The third kappa shape index (κ3) is 4.87. The van der Waals surface area contributed by atoms with E-state index in [0.29, 0.717) is 16.3 Å². The predicted molar refractivity (Wildman–Crippen MR) is 111 cm³/mol. The van der Waals surface area contributed by atoms with Crippen LogP contribution in [0.4, 0.5) is 27.6 Å². The molecule has 0 radical (unpaired) electrons. The lowest BCUT2D eigenvalue weighted by atomic mass is 9.84. The molecule has 12 heteroatoms. The fourth-order valence-electron chi connectivity index (χ4n) is 3.21. The van der Waals surface area contributed by atoms with E-state index in [0.717, 1.165) is 12.1 Å². The highest BCUT2D eigenvalue weighted by Crippen LogP contribution is 2.42. The van der Waals surface area contributed by atoms with Crippen LogP contribution in [0.1, 0.15) is 23.2 Å². The van der Waals surface area contributed by atoms with Crippen LogP contribution in [0.25, 0.3) is 0 Å². The molecule has 0 saturated carbocycles. The number of ether oxygens (including phenoxy) is 1. The number of benzene rings is 1. The topological polar surface area (TPSA) is 72.5 Å². The zero-order valence-electron chi connectivity index (χ0n) is 15.9. The largest absolute Gasteiger partial charge is 0.452 e. The molecule has 0 aliphatic carbocycles. The van der Waals surface area contributed by atoms with Crippen molar-refractivity contribution in [2.75, 3.05) is 12.0 Å². The first-order chi connectivity index (χ1) is 14.4. The maximum Gasteiger partial charge on any atom is 0.425 e. The van der Waals surface area contributed by atoms with Crippen LogP contribution in [0.5, 0.6) is 0 Å². The zero-order chi connectivity index (χ0) is 23.0. The number of nitrogens with one attached hydrogen (secondary N) is 1. The van der Waals surface area contributed by atoms with E-state index < -0.39 is 48.3 Å². The number of hydrogen-bond acceptors (Lipinski definition) is 5. The minimum atomic E-state index is -4.84. The van der Waals surface area contributed by atoms with Crippen LogP contribution in [-0.4, -0.2) is 34.9 Å². The quantitative estimate of drug-likeness (QED) is 0.488. The fourth-order valence-corrected chi connectivity index (χ4v) is 3.76. The molecule has 166 valence electrons. The second-order valence-corrected chi connectivity index (χ2v) is 7.78. The molecular formula is C19H16ClF5N4OS. The molecule has 2 atom stereocenters. The van der Waals surface area contributed by atoms with E-state index in [1.165, 1.54) is 12.3 Å². The standard InChI is InChI=1S/C19H16ClF5N4OS/c1-9-4-10(20)7-27-15(9)16(31)28-11-2-3-13(22)12(5-11)18(8-21)6-14(19(23,24)25)30-17(26)29-18/h2-5,7,14H,6,8H2,1H3,(H2,26,29)(H,28,31). The van der Waals surface area contributed by atoms with Crippen molar-refractivity contribution in [1.82, 2.24) is 4.98 Å². The molecule has 3 N–H and O–H groups in total. The van der Waals surface area contributed by atoms with Crippen molar-refractivity contribution in [3.8, 4) is 0 Å². The normalized spacial score (nSPS) is 21.3. The van der Waals surface area contributed by atoms with Gasteiger partial charge in [0.25, 0.3) is 6.02 Å². The number of nitrogens with zero attached hydrogens (tertiary/aromatic N) is 2. The molecule has 31 heavy (non-hydrogen) atoms. The van der Waals surface area contributed by atoms with Gasteiger partial charge in [0.2, 0.25) is 0 Å². The third-order valence-electron chi connectivity index (χ3n) is 4.68. The zero-order valence-corrected chi connectivity index (χ0v) is 17.5. The van der Waals surface area contributed by atoms with Crippen LogP contribution in [0.3, 0.4) is 0 Å². The molecule has 2 heterocycles. The molecule has 0 fully saturated rings. The average Bonchev–Trinajstić information content (AvgIpc) is 2.68. The van der Waals surface area contributed by atoms with E-state index in [2.05, 4.69) is 20.0 Å². The van der Waals surface area contributed by atoms with Gasteiger partial charge in [-0.1, -0.05) is 23.8 Å². The highest BCUT2D eigenvalue weighted by Gasteiger charge is 2.52. The number of aromatic nitrogens is 1. The lowest BCUT2D eigenvalue weighted by molar-refractivity contribution is -0.209. The number of alkyl halides is 4. The maximum atomic E-state index is 14.6. The van der Waals surface area contributed by atoms with Crippen molar-refractivity contribution in [3.63, 3.8) is 0 Å². The number of nitrogens with two attached hydrogens (primary N) is 1. The number of rotatable bonds is 4. The molecule has 1 aliphatic rings. The number of amidine groups is 1. The Kier molecular flexibility index (Phi) is 6.38. The van der Waals surface area contributed by atoms with E-state index in [1.54, 1.807) is 13.0 Å². The first-order valence-corrected chi connectivity index (χ1v) is 9.62. The maximum absolute atomic E-state index is 14.6. The number of anilines is 1. The van der Waals surface area contributed by atoms with Crippen molar-refractivity contribution in [3.05, 3.63) is 58.1 Å². The van der Waals surface area contributed by atoms with Gasteiger partial charge in [-0.3, -0.25) is 4.98 Å². The van der Waals surface area contributed by atoms with Gasteiger partial charge in [-0.15, -0.1) is 0 Å². The second-order valence-electron chi connectivity index (χ2n) is 6.94. The Bertz CT molecular complexity index is 1050. The molecule has 1 aliphatic heterocycles. The van der Waals surface area contributed by atoms with Gasteiger partial charge in [0.1, 0.15) is 28.7 Å². The summed E-state index contributed by atoms with van der Waals surface area (Å²) in [4.78, 5) is 7.99. The lowest BCUT2D eigenvalue weighted by Crippen LogP contribution is -2.48. The SMILES string of the molecule is Cc1cc(Cl)cnc1C(=S)Nc1ccc(F)c(C2(CF)CC(C(F)(F)F)OC(N)=N2)c1. The lowest BCUT2D eigenvalue weighted by Gasteiger charge is -2.36. The number of thiocarbonyl (C=S) groups is 1. The van der Waals surface area contributed by atoms with Crippen LogP contribution in [-0.2, 0) is 10.3 Å². The Labute approximate surface area is 184 Å². The number of hydrogen-bond donors (Lipinski definition) is 2. The highest BCUT2D eigenvalue weighted by molar-refractivity contribution is 7.81. The number of halogens is 6. The summed E-state index contributed by atoms with van der Waals surface area (Å²) in [7, 11) is 0. The van der Waals surface area contributed by atoms with Crippen molar-refractivity contribution < 1.29 is 26.7 Å². The molecule has 0 bridgehead atoms. The molecule has 3 rings (SSSR count). The Morgan fingerprint density at radius 3 is 2.71 bits per heavy atom. The van der Waals surface area contributed by atoms with Gasteiger partial charge in [-0.05, 0) is 36.8 Å². The van der Waals surface area contributed by atoms with Crippen LogP contribution in [0.2, 0.25) is 5.02 Å². The summed E-state index contributed by atoms with van der Waals surface area (Å²) in [5.74, 6) is -0.950. The van der Waals surface area contributed by atoms with E-state index in [-0.39, 0.29) is 10.7 Å². The molecule has 0 saturated heterocycles. The average molecular weight is 479 g/mol. The van der Waals surface area contributed by atoms with Gasteiger partial charge in [0, 0.05) is 23.9 Å². The third-order valence-corrected chi connectivity index (χ3v) is 5.18. The Hall–Kier alpha value is -2.53. The highest BCUT2D eigenvalue weighted by atomic mass is 35.5. The Morgan fingerprint density at radius 2 is 2.10 bits per heavy atom. The Balaban J connectivity index is 1.98. The van der Waals surface area contributed by atoms with E-state index in [4.69, 9.17) is 29.6 Å². The van der Waals surface area contributed by atoms with Crippen LogP contribution >= 0.6 is 23.8 Å². The summed E-state index contributed by atoms with van der Waals surface area (Å²) in [6, 6.07) is 4.19. The van der Waals surface area contributed by atoms with Crippen molar-refractivity contribution >= 4 is 40.5 Å². The van der Waals surface area contributed by atoms with E-state index in [9.17, 15) is 22.0 Å². The minimum absolute atomic E-state index is 0.157. The smallest absolute Gasteiger partial charge is 0.425 e. The first kappa shape index (κ1) is 23.1. The van der Waals surface area contributed by atoms with E-state index in [1.807, 2.05) is 0 Å². The minimum Gasteiger partial charge on any atom is -0.452 e. The Morgan fingerprint density at radius 1 is 1.39 bits per heavy atom. The van der Waals surface area contributed by atoms with Crippen LogP contribution < -0.4 is 11.1 Å². The molecule has 0 spiro atoms. The fraction of sp³-hybridized carbons (Fsp3) is 0.316. The summed E-state index contributed by atoms with van der Waals surface area (Å²) >= 11 is 11.2. The molecule has 1 aromatic carbocycles. The van der Waals surface area contributed by atoms with Crippen molar-refractivity contribution in [1.29, 1.82) is 0 Å². The van der Waals surface area contributed by atoms with Crippen LogP contribution in [0.15, 0.2) is 35.5 Å². The molecular weight excluding hydrogens is 463 g/mol. The van der Waals surface area contributed by atoms with Gasteiger partial charge in [-0.2, -0.15) is 13.2 Å². The summed E-state index contributed by atoms with van der Waals surface area (Å²) in [6.07, 6.45) is -6.86. The molecule has 5 nitrogen and oxygen atoms in total. The molecule has 2 unspecified atom stereocenters. The molecule has 1 aromatic heterocycles. The van der Waals surface area contributed by atoms with Gasteiger partial charge in [0.15, 0.2) is 6.10 Å². The summed E-state index contributed by atoms with van der Waals surface area (Å²) < 4.78 is 72.8. The molecule has 2 aromatic rings. The summed E-state index contributed by atoms with van der Waals surface area (Å²) in [5, 5.41) is 3.23. The van der Waals surface area contributed by atoms with E-state index >= 15 is 0 Å². The van der Waals surface area contributed by atoms with Gasteiger partial charge >= 0.3 is 6.18 Å². The number of pyridine rings is 1. The second kappa shape index (κ2) is 8.54. The monoisotopic (exact) mass is 478 g/mol. The van der Waals surface area contributed by atoms with Gasteiger partial charge < -0.3 is 15.8 Å². The van der Waals surface area contributed by atoms with Crippen molar-refractivity contribution in [2.45, 2.75) is 31.2 Å². The van der Waals surface area contributed by atoms with Gasteiger partial charge in [0.05, 0.1) is 5.02 Å².